The number of anilines is 1. The number of nitrogen functional groups attached to an aromatic ring is 1. The highest BCUT2D eigenvalue weighted by molar-refractivity contribution is 6.01. The number of nitrogens with one attached hydrogen (secondary N) is 1. The number of halogens is 2. The molecule has 1 spiro atoms. The quantitative estimate of drug-likeness (QED) is 0.478. The molecule has 1 amide bonds. The second kappa shape index (κ2) is 6.90. The molecule has 1 aromatic rings. The van der Waals surface area contributed by atoms with Gasteiger partial charge in [0.1, 0.15) is 11.5 Å². The van der Waals surface area contributed by atoms with E-state index in [2.05, 4.69) is 5.32 Å². The van der Waals surface area contributed by atoms with E-state index in [1.165, 1.54) is 0 Å². The molecule has 0 radical (unpaired) electrons. The molecule has 0 atom stereocenters. The van der Waals surface area contributed by atoms with E-state index in [0.29, 0.717) is 13.1 Å². The number of carbonyl (C=O) groups excluding carboxylic acids is 1. The van der Waals surface area contributed by atoms with Crippen LogP contribution in [0.5, 0.6) is 0 Å². The van der Waals surface area contributed by atoms with Gasteiger partial charge in [-0.2, -0.15) is 0 Å². The third-order valence-corrected chi connectivity index (χ3v) is 4.99. The molecule has 2 heterocycles. The number of nitrogens with two attached hydrogens (primary N) is 1. The van der Waals surface area contributed by atoms with Crippen molar-refractivity contribution in [2.24, 2.45) is 5.41 Å². The Balaban J connectivity index is 0.00000208. The Bertz CT molecular complexity index is 654. The maximum absolute atomic E-state index is 13.6. The number of likely N-dealkylation sites (tertiary alicyclic amines) is 1. The summed E-state index contributed by atoms with van der Waals surface area (Å²) in [4.78, 5) is 24.4. The smallest absolute Gasteiger partial charge is 0.295 e. The second-order valence-corrected chi connectivity index (χ2v) is 6.36. The zero-order chi connectivity index (χ0) is 16.6. The molecule has 3 N–H and O–H groups in total. The van der Waals surface area contributed by atoms with Crippen LogP contribution in [0.1, 0.15) is 29.6 Å². The van der Waals surface area contributed by atoms with Crippen LogP contribution >= 0.6 is 12.4 Å². The summed E-state index contributed by atoms with van der Waals surface area (Å²) in [5.74, 6) is -1.27. The Labute approximate surface area is 144 Å². The molecular formula is C15H20ClFN4O3. The predicted octanol–water partition coefficient (Wildman–Crippen LogP) is 1.95. The molecule has 2 aliphatic rings. The highest BCUT2D eigenvalue weighted by Crippen LogP contribution is 2.38. The lowest BCUT2D eigenvalue weighted by Gasteiger charge is -2.39. The normalized spacial score (nSPS) is 19.1. The monoisotopic (exact) mass is 358 g/mol. The van der Waals surface area contributed by atoms with Gasteiger partial charge in [0.2, 0.25) is 0 Å². The summed E-state index contributed by atoms with van der Waals surface area (Å²) in [7, 11) is 0. The Morgan fingerprint density at radius 3 is 2.54 bits per heavy atom. The number of nitro benzene ring substituents is 1. The Kier molecular flexibility index (Phi) is 5.29. The van der Waals surface area contributed by atoms with E-state index in [0.717, 1.165) is 44.5 Å². The van der Waals surface area contributed by atoms with Crippen LogP contribution in [0, 0.1) is 21.3 Å². The van der Waals surface area contributed by atoms with E-state index in [-0.39, 0.29) is 29.1 Å². The number of nitro groups is 1. The number of piperidine rings is 1. The second-order valence-electron chi connectivity index (χ2n) is 6.36. The summed E-state index contributed by atoms with van der Waals surface area (Å²) < 4.78 is 13.6. The van der Waals surface area contributed by atoms with Crippen molar-refractivity contribution in [3.8, 4) is 0 Å². The van der Waals surface area contributed by atoms with Gasteiger partial charge >= 0.3 is 0 Å². The average Bonchev–Trinajstić information content (AvgIpc) is 2.97. The lowest BCUT2D eigenvalue weighted by atomic mass is 9.78. The van der Waals surface area contributed by atoms with Crippen LogP contribution in [0.2, 0.25) is 0 Å². The molecule has 9 heteroatoms. The van der Waals surface area contributed by atoms with Gasteiger partial charge in [0, 0.05) is 19.6 Å². The maximum Gasteiger partial charge on any atom is 0.295 e. The molecular weight excluding hydrogens is 339 g/mol. The minimum atomic E-state index is -0.831. The van der Waals surface area contributed by atoms with Crippen molar-refractivity contribution in [3.63, 3.8) is 0 Å². The van der Waals surface area contributed by atoms with Crippen LogP contribution in [0.15, 0.2) is 12.1 Å². The van der Waals surface area contributed by atoms with Gasteiger partial charge in [-0.05, 0) is 37.3 Å². The van der Waals surface area contributed by atoms with E-state index in [9.17, 15) is 19.3 Å². The first-order valence-electron chi connectivity index (χ1n) is 7.65. The lowest BCUT2D eigenvalue weighted by Crippen LogP contribution is -2.44. The summed E-state index contributed by atoms with van der Waals surface area (Å²) in [6, 6.07) is 1.72. The van der Waals surface area contributed by atoms with Crippen molar-refractivity contribution < 1.29 is 14.1 Å². The molecule has 1 aromatic carbocycles. The minimum Gasteiger partial charge on any atom is -0.393 e. The van der Waals surface area contributed by atoms with Crippen LogP contribution in [-0.4, -0.2) is 41.9 Å². The van der Waals surface area contributed by atoms with Gasteiger partial charge < -0.3 is 16.0 Å². The van der Waals surface area contributed by atoms with E-state index in [4.69, 9.17) is 5.73 Å². The summed E-state index contributed by atoms with van der Waals surface area (Å²) >= 11 is 0. The standard InChI is InChI=1S/C15H19FN4O3.ClH/c16-10-7-11(13(17)12(8-10)20(22)23)14(21)19-5-2-15(3-6-19)1-4-18-9-15;/h7-8,18H,1-6,9,17H2;1H. The van der Waals surface area contributed by atoms with Crippen LogP contribution in [-0.2, 0) is 0 Å². The van der Waals surface area contributed by atoms with Crippen molar-refractivity contribution in [2.45, 2.75) is 19.3 Å². The summed E-state index contributed by atoms with van der Waals surface area (Å²) in [5.41, 5.74) is 4.99. The predicted molar refractivity (Wildman–Crippen MR) is 89.8 cm³/mol. The molecule has 0 aromatic heterocycles. The Hall–Kier alpha value is -1.93. The third kappa shape index (κ3) is 3.29. The molecule has 0 saturated carbocycles. The topological polar surface area (TPSA) is 102 Å². The maximum atomic E-state index is 13.6. The fraction of sp³-hybridized carbons (Fsp3) is 0.533. The molecule has 7 nitrogen and oxygen atoms in total. The number of hydrogen-bond acceptors (Lipinski definition) is 5. The SMILES string of the molecule is Cl.Nc1c(C(=O)N2CCC3(CCNC3)CC2)cc(F)cc1[N+](=O)[O-]. The molecule has 24 heavy (non-hydrogen) atoms. The molecule has 0 unspecified atom stereocenters. The number of carbonyl (C=O) groups is 1. The first kappa shape index (κ1) is 18.4. The fourth-order valence-corrected chi connectivity index (χ4v) is 3.51. The zero-order valence-corrected chi connectivity index (χ0v) is 13.9. The number of rotatable bonds is 2. The first-order chi connectivity index (χ1) is 10.9. The Morgan fingerprint density at radius 1 is 1.33 bits per heavy atom. The van der Waals surface area contributed by atoms with Crippen molar-refractivity contribution in [2.75, 3.05) is 31.9 Å². The van der Waals surface area contributed by atoms with E-state index in [1.54, 1.807) is 4.90 Å². The first-order valence-corrected chi connectivity index (χ1v) is 7.65. The average molecular weight is 359 g/mol. The highest BCUT2D eigenvalue weighted by Gasteiger charge is 2.38. The van der Waals surface area contributed by atoms with Gasteiger partial charge in [-0.1, -0.05) is 0 Å². The molecule has 2 saturated heterocycles. The third-order valence-electron chi connectivity index (χ3n) is 4.99. The largest absolute Gasteiger partial charge is 0.393 e. The van der Waals surface area contributed by atoms with Crippen molar-refractivity contribution in [3.05, 3.63) is 33.6 Å². The van der Waals surface area contributed by atoms with Crippen LogP contribution in [0.4, 0.5) is 15.8 Å². The van der Waals surface area contributed by atoms with Gasteiger partial charge in [0.25, 0.3) is 11.6 Å². The lowest BCUT2D eigenvalue weighted by molar-refractivity contribution is -0.384. The number of amides is 1. The van der Waals surface area contributed by atoms with E-state index < -0.39 is 22.3 Å². The van der Waals surface area contributed by atoms with E-state index >= 15 is 0 Å². The van der Waals surface area contributed by atoms with Gasteiger partial charge in [0.15, 0.2) is 0 Å². The number of benzene rings is 1. The number of hydrogen-bond donors (Lipinski definition) is 2. The molecule has 3 rings (SSSR count). The van der Waals surface area contributed by atoms with Gasteiger partial charge in [0.05, 0.1) is 16.6 Å². The molecule has 2 aliphatic heterocycles. The van der Waals surface area contributed by atoms with E-state index in [1.807, 2.05) is 0 Å². The minimum absolute atomic E-state index is 0. The van der Waals surface area contributed by atoms with Crippen molar-refractivity contribution in [1.29, 1.82) is 0 Å². The number of nitrogens with zero attached hydrogens (tertiary/aromatic N) is 2. The molecule has 2 fully saturated rings. The molecule has 0 bridgehead atoms. The Morgan fingerprint density at radius 2 is 2.00 bits per heavy atom. The zero-order valence-electron chi connectivity index (χ0n) is 13.1. The van der Waals surface area contributed by atoms with Crippen molar-refractivity contribution in [1.82, 2.24) is 10.2 Å². The highest BCUT2D eigenvalue weighted by atomic mass is 35.5. The van der Waals surface area contributed by atoms with Gasteiger partial charge in [-0.25, -0.2) is 4.39 Å². The van der Waals surface area contributed by atoms with Crippen LogP contribution in [0.3, 0.4) is 0 Å². The van der Waals surface area contributed by atoms with Crippen LogP contribution in [0.25, 0.3) is 0 Å². The molecule has 132 valence electrons. The fourth-order valence-electron chi connectivity index (χ4n) is 3.51. The molecule has 0 aliphatic carbocycles. The summed E-state index contributed by atoms with van der Waals surface area (Å²) in [6.45, 7) is 3.08. The van der Waals surface area contributed by atoms with Gasteiger partial charge in [-0.15, -0.1) is 12.4 Å². The van der Waals surface area contributed by atoms with Gasteiger partial charge in [-0.3, -0.25) is 14.9 Å². The summed E-state index contributed by atoms with van der Waals surface area (Å²) in [5, 5.41) is 14.3. The van der Waals surface area contributed by atoms with Crippen LogP contribution < -0.4 is 11.1 Å². The summed E-state index contributed by atoms with van der Waals surface area (Å²) in [6.07, 6.45) is 2.86. The van der Waals surface area contributed by atoms with Crippen molar-refractivity contribution >= 4 is 29.7 Å².